The molecule has 0 spiro atoms. The summed E-state index contributed by atoms with van der Waals surface area (Å²) in [7, 11) is 0. The maximum absolute atomic E-state index is 10.7. The van der Waals surface area contributed by atoms with Crippen molar-refractivity contribution in [1.29, 1.82) is 0 Å². The third kappa shape index (κ3) is 1.29. The van der Waals surface area contributed by atoms with Crippen molar-refractivity contribution in [2.75, 3.05) is 13.2 Å². The van der Waals surface area contributed by atoms with Crippen LogP contribution < -0.4 is 0 Å². The summed E-state index contributed by atoms with van der Waals surface area (Å²) in [5.74, 6) is 0.260. The number of hydrogen-bond donors (Lipinski definition) is 0. The zero-order chi connectivity index (χ0) is 5.98. The number of Topliss-reactive ketones (excluding diaryl/α,β-unsaturated/α-hetero) is 1. The summed E-state index contributed by atoms with van der Waals surface area (Å²) < 4.78 is 4.98. The lowest BCUT2D eigenvalue weighted by Crippen LogP contribution is -2.27. The van der Waals surface area contributed by atoms with Crippen LogP contribution in [0.15, 0.2) is 0 Å². The maximum Gasteiger partial charge on any atom is 0.151 e. The van der Waals surface area contributed by atoms with Crippen molar-refractivity contribution >= 4 is 21.7 Å². The molecule has 46 valence electrons. The highest BCUT2D eigenvalue weighted by Gasteiger charge is 2.18. The van der Waals surface area contributed by atoms with Crippen molar-refractivity contribution in [3.63, 3.8) is 0 Å². The first-order valence-corrected chi connectivity index (χ1v) is 3.47. The van der Waals surface area contributed by atoms with Gasteiger partial charge in [-0.05, 0) is 0 Å². The molecule has 0 N–H and O–H groups in total. The molecule has 0 bridgehead atoms. The van der Waals surface area contributed by atoms with Crippen LogP contribution in [0.25, 0.3) is 0 Å². The quantitative estimate of drug-likeness (QED) is 0.512. The molecule has 8 heavy (non-hydrogen) atoms. The second-order valence-electron chi connectivity index (χ2n) is 1.76. The largest absolute Gasteiger partial charge is 0.379 e. The van der Waals surface area contributed by atoms with Gasteiger partial charge in [-0.25, -0.2) is 0 Å². The minimum absolute atomic E-state index is 0.0451. The molecule has 1 fully saturated rings. The molecule has 1 saturated heterocycles. The summed E-state index contributed by atoms with van der Waals surface area (Å²) in [6.07, 6.45) is 0.565. The van der Waals surface area contributed by atoms with E-state index in [1.54, 1.807) is 0 Å². The Bertz CT molecular complexity index is 103. The fraction of sp³-hybridized carbons (Fsp3) is 0.800. The Labute approximate surface area is 56.3 Å². The highest BCUT2D eigenvalue weighted by molar-refractivity contribution is 9.10. The predicted molar refractivity (Wildman–Crippen MR) is 33.2 cm³/mol. The van der Waals surface area contributed by atoms with E-state index in [0.29, 0.717) is 19.6 Å². The monoisotopic (exact) mass is 178 g/mol. The molecule has 1 heterocycles. The van der Waals surface area contributed by atoms with Gasteiger partial charge in [0.25, 0.3) is 0 Å². The van der Waals surface area contributed by atoms with Crippen LogP contribution in [0.3, 0.4) is 0 Å². The lowest BCUT2D eigenvalue weighted by Gasteiger charge is -2.14. The highest BCUT2D eigenvalue weighted by Crippen LogP contribution is 2.09. The van der Waals surface area contributed by atoms with Crippen molar-refractivity contribution in [3.8, 4) is 0 Å². The lowest BCUT2D eigenvalue weighted by molar-refractivity contribution is -0.123. The van der Waals surface area contributed by atoms with Gasteiger partial charge in [0.1, 0.15) is 0 Å². The summed E-state index contributed by atoms with van der Waals surface area (Å²) in [6.45, 7) is 1.14. The van der Waals surface area contributed by atoms with Crippen molar-refractivity contribution < 1.29 is 9.53 Å². The lowest BCUT2D eigenvalue weighted by atomic mass is 10.2. The first kappa shape index (κ1) is 6.23. The van der Waals surface area contributed by atoms with Gasteiger partial charge in [0.05, 0.1) is 18.0 Å². The predicted octanol–water partition coefficient (Wildman–Crippen LogP) is 0.739. The molecule has 0 aromatic carbocycles. The van der Waals surface area contributed by atoms with Gasteiger partial charge < -0.3 is 4.74 Å². The Morgan fingerprint density at radius 2 is 2.50 bits per heavy atom. The summed E-state index contributed by atoms with van der Waals surface area (Å²) >= 11 is 3.18. The number of carbonyl (C=O) groups excluding carboxylic acids is 1. The number of alkyl halides is 1. The molecular formula is C5H7BrO2. The Kier molecular flexibility index (Phi) is 2.02. The third-order valence-electron chi connectivity index (χ3n) is 1.11. The fourth-order valence-electron chi connectivity index (χ4n) is 0.609. The van der Waals surface area contributed by atoms with E-state index < -0.39 is 0 Å². The normalized spacial score (nSPS) is 30.6. The Morgan fingerprint density at radius 3 is 2.88 bits per heavy atom. The first-order chi connectivity index (χ1) is 3.80. The molecule has 0 amide bonds. The van der Waals surface area contributed by atoms with E-state index in [1.807, 2.05) is 0 Å². The molecule has 0 unspecified atom stereocenters. The summed E-state index contributed by atoms with van der Waals surface area (Å²) in [5.41, 5.74) is 0. The molecule has 1 aliphatic heterocycles. The third-order valence-corrected chi connectivity index (χ3v) is 1.88. The van der Waals surface area contributed by atoms with Crippen LogP contribution in [0.5, 0.6) is 0 Å². The zero-order valence-electron chi connectivity index (χ0n) is 4.39. The maximum atomic E-state index is 10.7. The average molecular weight is 179 g/mol. The summed E-state index contributed by atoms with van der Waals surface area (Å²) in [4.78, 5) is 10.6. The van der Waals surface area contributed by atoms with Crippen LogP contribution in [0.2, 0.25) is 0 Å². The molecular weight excluding hydrogens is 172 g/mol. The van der Waals surface area contributed by atoms with Gasteiger partial charge in [0.2, 0.25) is 0 Å². The minimum atomic E-state index is -0.0451. The van der Waals surface area contributed by atoms with Crippen molar-refractivity contribution in [2.45, 2.75) is 11.2 Å². The molecule has 0 aromatic heterocycles. The number of ether oxygens (including phenoxy) is 1. The number of ketones is 1. The van der Waals surface area contributed by atoms with Crippen LogP contribution in [-0.2, 0) is 9.53 Å². The van der Waals surface area contributed by atoms with Gasteiger partial charge in [0, 0.05) is 6.42 Å². The Morgan fingerprint density at radius 1 is 1.75 bits per heavy atom. The highest BCUT2D eigenvalue weighted by atomic mass is 79.9. The standard InChI is InChI=1S/C5H7BrO2/c6-4-3-8-2-1-5(4)7/h4H,1-3H2/t4-/m1/s1. The van der Waals surface area contributed by atoms with E-state index in [-0.39, 0.29) is 10.6 Å². The molecule has 2 nitrogen and oxygen atoms in total. The van der Waals surface area contributed by atoms with Gasteiger partial charge in [-0.2, -0.15) is 0 Å². The number of halogens is 1. The van der Waals surface area contributed by atoms with Gasteiger partial charge in [-0.15, -0.1) is 0 Å². The van der Waals surface area contributed by atoms with Crippen LogP contribution in [0.4, 0.5) is 0 Å². The van der Waals surface area contributed by atoms with E-state index in [2.05, 4.69) is 15.9 Å². The van der Waals surface area contributed by atoms with E-state index in [9.17, 15) is 4.79 Å². The van der Waals surface area contributed by atoms with Crippen molar-refractivity contribution in [2.24, 2.45) is 0 Å². The molecule has 1 aliphatic rings. The average Bonchev–Trinajstić information content (AvgIpc) is 1.77. The van der Waals surface area contributed by atoms with E-state index in [4.69, 9.17) is 4.74 Å². The molecule has 1 rings (SSSR count). The molecule has 0 radical (unpaired) electrons. The Hall–Kier alpha value is 0.110. The first-order valence-electron chi connectivity index (χ1n) is 2.55. The van der Waals surface area contributed by atoms with Crippen LogP contribution in [0, 0.1) is 0 Å². The number of carbonyl (C=O) groups is 1. The van der Waals surface area contributed by atoms with Crippen LogP contribution in [-0.4, -0.2) is 23.8 Å². The van der Waals surface area contributed by atoms with Crippen molar-refractivity contribution in [3.05, 3.63) is 0 Å². The molecule has 0 aliphatic carbocycles. The second-order valence-corrected chi connectivity index (χ2v) is 2.86. The van der Waals surface area contributed by atoms with Gasteiger partial charge in [-0.1, -0.05) is 15.9 Å². The SMILES string of the molecule is O=C1CCOC[C@H]1Br. The smallest absolute Gasteiger partial charge is 0.151 e. The van der Waals surface area contributed by atoms with Gasteiger partial charge in [-0.3, -0.25) is 4.79 Å². The molecule has 3 heteroatoms. The molecule has 0 aromatic rings. The van der Waals surface area contributed by atoms with Crippen molar-refractivity contribution in [1.82, 2.24) is 0 Å². The molecule has 1 atom stereocenters. The second kappa shape index (κ2) is 2.60. The Balaban J connectivity index is 2.39. The van der Waals surface area contributed by atoms with E-state index in [0.717, 1.165) is 0 Å². The van der Waals surface area contributed by atoms with E-state index in [1.165, 1.54) is 0 Å². The van der Waals surface area contributed by atoms with Gasteiger partial charge in [0.15, 0.2) is 5.78 Å². The fourth-order valence-corrected chi connectivity index (χ4v) is 1.02. The van der Waals surface area contributed by atoms with Crippen LogP contribution in [0.1, 0.15) is 6.42 Å². The summed E-state index contributed by atoms with van der Waals surface area (Å²) in [6, 6.07) is 0. The van der Waals surface area contributed by atoms with Crippen LogP contribution >= 0.6 is 15.9 Å². The van der Waals surface area contributed by atoms with Gasteiger partial charge >= 0.3 is 0 Å². The van der Waals surface area contributed by atoms with E-state index >= 15 is 0 Å². The zero-order valence-corrected chi connectivity index (χ0v) is 5.98. The molecule has 0 saturated carbocycles. The topological polar surface area (TPSA) is 26.3 Å². The summed E-state index contributed by atoms with van der Waals surface area (Å²) in [5, 5.41) is 0. The number of rotatable bonds is 0. The number of hydrogen-bond acceptors (Lipinski definition) is 2. The minimum Gasteiger partial charge on any atom is -0.379 e.